The molecule has 2 saturated carbocycles. The highest BCUT2D eigenvalue weighted by Gasteiger charge is 2.47. The minimum atomic E-state index is 0.186. The van der Waals surface area contributed by atoms with E-state index in [2.05, 4.69) is 12.2 Å². The lowest BCUT2D eigenvalue weighted by Crippen LogP contribution is -2.59. The second-order valence-electron chi connectivity index (χ2n) is 7.36. The molecule has 110 valence electrons. The molecule has 2 heteroatoms. The maximum absolute atomic E-state index is 6.81. The molecular weight excluding hydrogens is 234 g/mol. The van der Waals surface area contributed by atoms with Crippen LogP contribution in [0.5, 0.6) is 0 Å². The lowest BCUT2D eigenvalue weighted by Gasteiger charge is -2.47. The van der Waals surface area contributed by atoms with Crippen molar-refractivity contribution in [1.82, 2.24) is 5.32 Å². The van der Waals surface area contributed by atoms with Gasteiger partial charge in [0.1, 0.15) is 0 Å². The van der Waals surface area contributed by atoms with Crippen molar-refractivity contribution < 1.29 is 4.74 Å². The van der Waals surface area contributed by atoms with Gasteiger partial charge in [-0.25, -0.2) is 0 Å². The molecule has 3 rings (SSSR count). The van der Waals surface area contributed by atoms with Crippen LogP contribution in [-0.4, -0.2) is 24.3 Å². The molecule has 0 amide bonds. The molecule has 0 radical (unpaired) electrons. The highest BCUT2D eigenvalue weighted by atomic mass is 16.5. The van der Waals surface area contributed by atoms with Gasteiger partial charge in [0.2, 0.25) is 0 Å². The second-order valence-corrected chi connectivity index (χ2v) is 7.36. The first-order valence-electron chi connectivity index (χ1n) is 8.67. The van der Waals surface area contributed by atoms with Crippen LogP contribution in [0, 0.1) is 5.92 Å². The molecule has 2 atom stereocenters. The van der Waals surface area contributed by atoms with E-state index in [9.17, 15) is 0 Å². The van der Waals surface area contributed by atoms with Crippen LogP contribution >= 0.6 is 0 Å². The molecule has 19 heavy (non-hydrogen) atoms. The predicted octanol–water partition coefficient (Wildman–Crippen LogP) is 4.04. The second kappa shape index (κ2) is 5.73. The summed E-state index contributed by atoms with van der Waals surface area (Å²) in [5.74, 6) is 0.967. The average molecular weight is 265 g/mol. The Morgan fingerprint density at radius 1 is 0.947 bits per heavy atom. The minimum Gasteiger partial charge on any atom is -0.366 e. The third-order valence-electron chi connectivity index (χ3n) is 5.79. The zero-order valence-corrected chi connectivity index (χ0v) is 12.7. The molecule has 2 unspecified atom stereocenters. The molecule has 1 heterocycles. The van der Waals surface area contributed by atoms with Gasteiger partial charge in [0.15, 0.2) is 0 Å². The maximum Gasteiger partial charge on any atom is 0.0814 e. The number of nitrogens with one attached hydrogen (secondary N) is 1. The van der Waals surface area contributed by atoms with Gasteiger partial charge >= 0.3 is 0 Å². The molecular formula is C17H31NO. The van der Waals surface area contributed by atoms with Crippen LogP contribution in [0.25, 0.3) is 0 Å². The van der Waals surface area contributed by atoms with E-state index in [1.807, 2.05) is 0 Å². The number of rotatable bonds is 2. The standard InChI is InChI=1S/C17H31NO/c1-2-6-15-7-5-11-17(12-8-15)14-18-13-16(19-17)9-3-4-10-16/h15,18H,2-14H2,1H3. The summed E-state index contributed by atoms with van der Waals surface area (Å²) in [4.78, 5) is 0. The summed E-state index contributed by atoms with van der Waals surface area (Å²) >= 11 is 0. The molecule has 1 aliphatic heterocycles. The van der Waals surface area contributed by atoms with Crippen LogP contribution < -0.4 is 5.32 Å². The summed E-state index contributed by atoms with van der Waals surface area (Å²) in [5, 5.41) is 3.73. The Labute approximate surface area is 118 Å². The van der Waals surface area contributed by atoms with Crippen molar-refractivity contribution in [3.63, 3.8) is 0 Å². The monoisotopic (exact) mass is 265 g/mol. The van der Waals surface area contributed by atoms with E-state index in [1.165, 1.54) is 70.6 Å². The Balaban J connectivity index is 1.65. The van der Waals surface area contributed by atoms with Crippen LogP contribution in [0.1, 0.15) is 77.6 Å². The zero-order valence-electron chi connectivity index (χ0n) is 12.7. The summed E-state index contributed by atoms with van der Waals surface area (Å²) in [6.45, 7) is 4.54. The fraction of sp³-hybridized carbons (Fsp3) is 1.00. The molecule has 2 aliphatic carbocycles. The summed E-state index contributed by atoms with van der Waals surface area (Å²) < 4.78 is 6.81. The van der Waals surface area contributed by atoms with Crippen molar-refractivity contribution in [1.29, 1.82) is 0 Å². The van der Waals surface area contributed by atoms with Crippen molar-refractivity contribution in [3.05, 3.63) is 0 Å². The first kappa shape index (κ1) is 13.9. The maximum atomic E-state index is 6.81. The third kappa shape index (κ3) is 3.00. The van der Waals surface area contributed by atoms with E-state index < -0.39 is 0 Å². The lowest BCUT2D eigenvalue weighted by atomic mass is 9.87. The van der Waals surface area contributed by atoms with Crippen LogP contribution in [0.4, 0.5) is 0 Å². The summed E-state index contributed by atoms with van der Waals surface area (Å²) in [5.41, 5.74) is 0.397. The molecule has 1 N–H and O–H groups in total. The van der Waals surface area contributed by atoms with Gasteiger partial charge in [-0.05, 0) is 38.0 Å². The Morgan fingerprint density at radius 2 is 1.63 bits per heavy atom. The molecule has 1 saturated heterocycles. The average Bonchev–Trinajstić information content (AvgIpc) is 2.75. The van der Waals surface area contributed by atoms with Crippen molar-refractivity contribution in [2.75, 3.05) is 13.1 Å². The van der Waals surface area contributed by atoms with E-state index in [1.54, 1.807) is 0 Å². The van der Waals surface area contributed by atoms with Crippen LogP contribution in [0.15, 0.2) is 0 Å². The Kier molecular flexibility index (Phi) is 4.19. The van der Waals surface area contributed by atoms with Gasteiger partial charge in [-0.2, -0.15) is 0 Å². The summed E-state index contributed by atoms with van der Waals surface area (Å²) in [7, 11) is 0. The molecule has 2 spiro atoms. The summed E-state index contributed by atoms with van der Waals surface area (Å²) in [6, 6.07) is 0. The van der Waals surface area contributed by atoms with Gasteiger partial charge in [-0.15, -0.1) is 0 Å². The highest BCUT2D eigenvalue weighted by molar-refractivity contribution is 5.00. The first-order valence-corrected chi connectivity index (χ1v) is 8.67. The number of ether oxygens (including phenoxy) is 1. The SMILES string of the molecule is CCCC1CCCC2(CC1)CNCC1(CCCC1)O2. The van der Waals surface area contributed by atoms with Crippen LogP contribution in [0.3, 0.4) is 0 Å². The highest BCUT2D eigenvalue weighted by Crippen LogP contribution is 2.44. The van der Waals surface area contributed by atoms with Gasteiger partial charge in [-0.3, -0.25) is 0 Å². The van der Waals surface area contributed by atoms with E-state index in [-0.39, 0.29) is 11.2 Å². The fourth-order valence-corrected chi connectivity index (χ4v) is 4.77. The third-order valence-corrected chi connectivity index (χ3v) is 5.79. The Hall–Kier alpha value is -0.0800. The van der Waals surface area contributed by atoms with Crippen molar-refractivity contribution in [3.8, 4) is 0 Å². The Bertz CT molecular complexity index is 298. The van der Waals surface area contributed by atoms with Gasteiger partial charge in [0.25, 0.3) is 0 Å². The molecule has 0 aromatic carbocycles. The van der Waals surface area contributed by atoms with Gasteiger partial charge in [0, 0.05) is 13.1 Å². The molecule has 3 fully saturated rings. The normalized spacial score (nSPS) is 38.7. The topological polar surface area (TPSA) is 21.3 Å². The van der Waals surface area contributed by atoms with Crippen LogP contribution in [-0.2, 0) is 4.74 Å². The summed E-state index contributed by atoms with van der Waals surface area (Å²) in [6.07, 6.45) is 14.9. The first-order chi connectivity index (χ1) is 9.26. The molecule has 0 aromatic heterocycles. The molecule has 0 aromatic rings. The largest absolute Gasteiger partial charge is 0.366 e. The zero-order chi connectivity index (χ0) is 13.2. The molecule has 3 aliphatic rings. The number of morpholine rings is 1. The van der Waals surface area contributed by atoms with Crippen molar-refractivity contribution in [2.45, 2.75) is 88.8 Å². The predicted molar refractivity (Wildman–Crippen MR) is 79.4 cm³/mol. The smallest absolute Gasteiger partial charge is 0.0814 e. The van der Waals surface area contributed by atoms with E-state index in [4.69, 9.17) is 4.74 Å². The lowest BCUT2D eigenvalue weighted by molar-refractivity contribution is -0.181. The van der Waals surface area contributed by atoms with Crippen LogP contribution in [0.2, 0.25) is 0 Å². The van der Waals surface area contributed by atoms with Gasteiger partial charge < -0.3 is 10.1 Å². The van der Waals surface area contributed by atoms with Crippen molar-refractivity contribution >= 4 is 0 Å². The van der Waals surface area contributed by atoms with E-state index in [0.717, 1.165) is 19.0 Å². The Morgan fingerprint density at radius 3 is 2.37 bits per heavy atom. The minimum absolute atomic E-state index is 0.186. The fourth-order valence-electron chi connectivity index (χ4n) is 4.77. The molecule has 0 bridgehead atoms. The van der Waals surface area contributed by atoms with Gasteiger partial charge in [-0.1, -0.05) is 45.4 Å². The van der Waals surface area contributed by atoms with E-state index in [0.29, 0.717) is 0 Å². The van der Waals surface area contributed by atoms with Gasteiger partial charge in [0.05, 0.1) is 11.2 Å². The van der Waals surface area contributed by atoms with E-state index >= 15 is 0 Å². The number of hydrogen-bond acceptors (Lipinski definition) is 2. The molecule has 2 nitrogen and oxygen atoms in total. The number of hydrogen-bond donors (Lipinski definition) is 1. The van der Waals surface area contributed by atoms with Crippen molar-refractivity contribution in [2.24, 2.45) is 5.92 Å². The quantitative estimate of drug-likeness (QED) is 0.813.